The van der Waals surface area contributed by atoms with E-state index >= 15 is 0 Å². The number of thiophene rings is 1. The lowest BCUT2D eigenvalue weighted by Gasteiger charge is -2.25. The number of nitrogens with zero attached hydrogens (tertiary/aromatic N) is 4. The smallest absolute Gasteiger partial charge is 0.264 e. The number of hydrogen-bond acceptors (Lipinski definition) is 6. The molecule has 0 unspecified atom stereocenters. The zero-order valence-electron chi connectivity index (χ0n) is 19.9. The van der Waals surface area contributed by atoms with Gasteiger partial charge in [0, 0.05) is 24.7 Å². The first kappa shape index (κ1) is 26.4. The van der Waals surface area contributed by atoms with Crippen molar-refractivity contribution in [3.05, 3.63) is 69.1 Å². The van der Waals surface area contributed by atoms with Crippen molar-refractivity contribution in [3.8, 4) is 0 Å². The first-order valence-electron chi connectivity index (χ1n) is 11.1. The highest BCUT2D eigenvalue weighted by Crippen LogP contribution is 2.22. The molecular weight excluding hydrogens is 492 g/mol. The van der Waals surface area contributed by atoms with Crippen LogP contribution in [0.4, 0.5) is 0 Å². The van der Waals surface area contributed by atoms with E-state index in [4.69, 9.17) is 11.6 Å². The van der Waals surface area contributed by atoms with E-state index in [0.29, 0.717) is 40.8 Å². The first-order chi connectivity index (χ1) is 16.1. The summed E-state index contributed by atoms with van der Waals surface area (Å²) in [5.41, 5.74) is 1.30. The Bertz CT molecular complexity index is 1200. The minimum atomic E-state index is -3.73. The SMILES string of the molecule is CC(C)Cn1c(CN(CCN(C)C)C(=O)c2cccs2)cnc1S(=O)(=O)Cc1cccc(Cl)c1. The summed E-state index contributed by atoms with van der Waals surface area (Å²) in [4.78, 5) is 21.9. The van der Waals surface area contributed by atoms with Crippen LogP contribution < -0.4 is 0 Å². The van der Waals surface area contributed by atoms with E-state index in [0.717, 1.165) is 0 Å². The zero-order chi connectivity index (χ0) is 24.9. The fraction of sp³-hybridized carbons (Fsp3) is 0.417. The van der Waals surface area contributed by atoms with Gasteiger partial charge in [0.05, 0.1) is 29.1 Å². The molecule has 7 nitrogen and oxygen atoms in total. The minimum absolute atomic E-state index is 0.0207. The monoisotopic (exact) mass is 522 g/mol. The maximum Gasteiger partial charge on any atom is 0.264 e. The van der Waals surface area contributed by atoms with E-state index in [1.165, 1.54) is 11.3 Å². The van der Waals surface area contributed by atoms with Gasteiger partial charge in [-0.25, -0.2) is 13.4 Å². The lowest BCUT2D eigenvalue weighted by molar-refractivity contribution is 0.0732. The predicted molar refractivity (Wildman–Crippen MR) is 137 cm³/mol. The topological polar surface area (TPSA) is 75.5 Å². The molecule has 0 spiro atoms. The molecule has 1 amide bonds. The van der Waals surface area contributed by atoms with Crippen molar-refractivity contribution >= 4 is 38.7 Å². The summed E-state index contributed by atoms with van der Waals surface area (Å²) in [6.45, 7) is 6.01. The highest BCUT2D eigenvalue weighted by molar-refractivity contribution is 7.90. The number of carbonyl (C=O) groups excluding carboxylic acids is 1. The Balaban J connectivity index is 1.94. The van der Waals surface area contributed by atoms with Crippen molar-refractivity contribution in [2.24, 2.45) is 5.92 Å². The number of carbonyl (C=O) groups is 1. The Labute approximate surface area is 210 Å². The molecule has 2 aromatic heterocycles. The number of benzene rings is 1. The molecule has 0 atom stereocenters. The summed E-state index contributed by atoms with van der Waals surface area (Å²) >= 11 is 7.45. The van der Waals surface area contributed by atoms with Crippen LogP contribution in [-0.4, -0.2) is 60.9 Å². The third-order valence-electron chi connectivity index (χ3n) is 5.16. The Morgan fingerprint density at radius 1 is 1.18 bits per heavy atom. The van der Waals surface area contributed by atoms with Crippen LogP contribution in [0.2, 0.25) is 5.02 Å². The fourth-order valence-electron chi connectivity index (χ4n) is 3.56. The van der Waals surface area contributed by atoms with E-state index in [2.05, 4.69) is 4.98 Å². The van der Waals surface area contributed by atoms with Crippen LogP contribution in [0.5, 0.6) is 0 Å². The molecule has 0 bridgehead atoms. The second kappa shape index (κ2) is 11.5. The number of imidazole rings is 1. The van der Waals surface area contributed by atoms with Gasteiger partial charge in [-0.3, -0.25) is 4.79 Å². The number of rotatable bonds is 11. The average Bonchev–Trinajstić information content (AvgIpc) is 3.40. The molecule has 0 saturated carbocycles. The molecule has 3 rings (SSSR count). The minimum Gasteiger partial charge on any atom is -0.331 e. The van der Waals surface area contributed by atoms with Gasteiger partial charge in [0.2, 0.25) is 15.0 Å². The van der Waals surface area contributed by atoms with E-state index < -0.39 is 9.84 Å². The van der Waals surface area contributed by atoms with Gasteiger partial charge in [0.25, 0.3) is 5.91 Å². The van der Waals surface area contributed by atoms with Gasteiger partial charge in [-0.2, -0.15) is 0 Å². The molecular formula is C24H31ClN4O3S2. The number of halogens is 1. The third kappa shape index (κ3) is 6.91. The van der Waals surface area contributed by atoms with Gasteiger partial charge in [0.1, 0.15) is 0 Å². The van der Waals surface area contributed by atoms with E-state index in [1.54, 1.807) is 39.9 Å². The third-order valence-corrected chi connectivity index (χ3v) is 7.85. The summed E-state index contributed by atoms with van der Waals surface area (Å²) in [5, 5.41) is 2.38. The molecule has 0 aliphatic carbocycles. The van der Waals surface area contributed by atoms with Crippen LogP contribution in [-0.2, 0) is 28.7 Å². The van der Waals surface area contributed by atoms with Gasteiger partial charge >= 0.3 is 0 Å². The van der Waals surface area contributed by atoms with Gasteiger partial charge in [0.15, 0.2) is 0 Å². The second-order valence-electron chi connectivity index (χ2n) is 8.93. The maximum absolute atomic E-state index is 13.3. The quantitative estimate of drug-likeness (QED) is 0.372. The van der Waals surface area contributed by atoms with Crippen LogP contribution in [0.15, 0.2) is 53.1 Å². The van der Waals surface area contributed by atoms with Crippen molar-refractivity contribution in [2.75, 3.05) is 27.2 Å². The number of amides is 1. The maximum atomic E-state index is 13.3. The van der Waals surface area contributed by atoms with Crippen LogP contribution in [0, 0.1) is 5.92 Å². The molecule has 0 fully saturated rings. The molecule has 10 heteroatoms. The van der Waals surface area contributed by atoms with Gasteiger partial charge in [-0.05, 0) is 49.2 Å². The van der Waals surface area contributed by atoms with Gasteiger partial charge in [-0.15, -0.1) is 11.3 Å². The Morgan fingerprint density at radius 2 is 1.94 bits per heavy atom. The lowest BCUT2D eigenvalue weighted by Crippen LogP contribution is -2.36. The molecule has 0 saturated heterocycles. The number of aromatic nitrogens is 2. The largest absolute Gasteiger partial charge is 0.331 e. The van der Waals surface area contributed by atoms with Crippen molar-refractivity contribution in [1.82, 2.24) is 19.4 Å². The summed E-state index contributed by atoms with van der Waals surface area (Å²) in [5.74, 6) is -0.0746. The zero-order valence-corrected chi connectivity index (χ0v) is 22.3. The molecule has 184 valence electrons. The standard InChI is InChI=1S/C24H31ClN4O3S2/c1-18(2)15-29-21(16-28(11-10-27(3)4)23(30)22-9-6-12-33-22)14-26-24(29)34(31,32)17-19-7-5-8-20(25)13-19/h5-9,12-14,18H,10-11,15-17H2,1-4H3. The van der Waals surface area contributed by atoms with Crippen molar-refractivity contribution in [1.29, 1.82) is 0 Å². The molecule has 3 aromatic rings. The van der Waals surface area contributed by atoms with Crippen LogP contribution in [0.25, 0.3) is 0 Å². The number of hydrogen-bond donors (Lipinski definition) is 0. The fourth-order valence-corrected chi connectivity index (χ4v) is 5.95. The van der Waals surface area contributed by atoms with Gasteiger partial charge in [-0.1, -0.05) is 43.6 Å². The second-order valence-corrected chi connectivity index (χ2v) is 12.2. The molecule has 0 aliphatic heterocycles. The molecule has 1 aromatic carbocycles. The molecule has 2 heterocycles. The molecule has 0 N–H and O–H groups in total. The summed E-state index contributed by atoms with van der Waals surface area (Å²) in [7, 11) is 0.184. The van der Waals surface area contributed by atoms with Crippen LogP contribution >= 0.6 is 22.9 Å². The average molecular weight is 523 g/mol. The van der Waals surface area contributed by atoms with Crippen LogP contribution in [0.1, 0.15) is 34.8 Å². The lowest BCUT2D eigenvalue weighted by atomic mass is 10.2. The normalized spacial score (nSPS) is 12.0. The summed E-state index contributed by atoms with van der Waals surface area (Å²) in [6, 6.07) is 10.5. The molecule has 0 aliphatic rings. The predicted octanol–water partition coefficient (Wildman–Crippen LogP) is 4.43. The van der Waals surface area contributed by atoms with Crippen molar-refractivity contribution in [2.45, 2.75) is 37.8 Å². The summed E-state index contributed by atoms with van der Waals surface area (Å²) in [6.07, 6.45) is 1.58. The molecule has 34 heavy (non-hydrogen) atoms. The van der Waals surface area contributed by atoms with Crippen molar-refractivity contribution in [3.63, 3.8) is 0 Å². The Morgan fingerprint density at radius 3 is 2.56 bits per heavy atom. The molecule has 0 radical (unpaired) electrons. The highest BCUT2D eigenvalue weighted by atomic mass is 35.5. The number of likely N-dealkylation sites (N-methyl/N-ethyl adjacent to an activating group) is 1. The van der Waals surface area contributed by atoms with Crippen LogP contribution in [0.3, 0.4) is 0 Å². The Kier molecular flexibility index (Phi) is 8.92. The van der Waals surface area contributed by atoms with Gasteiger partial charge < -0.3 is 14.4 Å². The number of sulfone groups is 1. The summed E-state index contributed by atoms with van der Waals surface area (Å²) < 4.78 is 28.4. The van der Waals surface area contributed by atoms with E-state index in [-0.39, 0.29) is 29.3 Å². The van der Waals surface area contributed by atoms with E-state index in [1.807, 2.05) is 50.4 Å². The van der Waals surface area contributed by atoms with E-state index in [9.17, 15) is 13.2 Å². The Hall–Kier alpha value is -2.20. The van der Waals surface area contributed by atoms with Crippen molar-refractivity contribution < 1.29 is 13.2 Å². The first-order valence-corrected chi connectivity index (χ1v) is 14.0. The highest BCUT2D eigenvalue weighted by Gasteiger charge is 2.26.